The van der Waals surface area contributed by atoms with E-state index in [1.165, 1.54) is 38.4 Å². The van der Waals surface area contributed by atoms with Gasteiger partial charge in [-0.3, -0.25) is 4.79 Å². The minimum Gasteiger partial charge on any atom is -0.467 e. The van der Waals surface area contributed by atoms with Crippen LogP contribution < -0.4 is 10.0 Å². The molecule has 0 aromatic heterocycles. The molecule has 138 valence electrons. The number of esters is 1. The summed E-state index contributed by atoms with van der Waals surface area (Å²) < 4.78 is 30.7. The molecule has 0 fully saturated rings. The summed E-state index contributed by atoms with van der Waals surface area (Å²) in [6, 6.07) is 13.9. The van der Waals surface area contributed by atoms with E-state index in [9.17, 15) is 18.0 Å². The Balaban J connectivity index is 2.22. The number of benzene rings is 2. The molecule has 26 heavy (non-hydrogen) atoms. The first kappa shape index (κ1) is 19.6. The van der Waals surface area contributed by atoms with E-state index in [4.69, 9.17) is 4.74 Å². The molecule has 2 N–H and O–H groups in total. The molecular weight excluding hydrogens is 356 g/mol. The van der Waals surface area contributed by atoms with E-state index in [2.05, 4.69) is 10.0 Å². The van der Waals surface area contributed by atoms with Crippen LogP contribution in [0, 0.1) is 0 Å². The Kier molecular flexibility index (Phi) is 6.48. The van der Waals surface area contributed by atoms with Gasteiger partial charge in [0.05, 0.1) is 12.0 Å². The summed E-state index contributed by atoms with van der Waals surface area (Å²) in [4.78, 5) is 24.5. The summed E-state index contributed by atoms with van der Waals surface area (Å²) in [5.74, 6) is -1.15. The quantitative estimate of drug-likeness (QED) is 0.705. The Labute approximate surface area is 152 Å². The summed E-state index contributed by atoms with van der Waals surface area (Å²) in [7, 11) is -1.14. The van der Waals surface area contributed by atoms with Gasteiger partial charge in [-0.15, -0.1) is 0 Å². The van der Waals surface area contributed by atoms with Gasteiger partial charge in [0.25, 0.3) is 5.91 Å². The summed E-state index contributed by atoms with van der Waals surface area (Å²) in [5.41, 5.74) is 0.984. The van der Waals surface area contributed by atoms with Crippen LogP contribution in [0.15, 0.2) is 59.5 Å². The van der Waals surface area contributed by atoms with Crippen LogP contribution in [0.25, 0.3) is 0 Å². The van der Waals surface area contributed by atoms with Crippen LogP contribution in [0.3, 0.4) is 0 Å². The summed E-state index contributed by atoms with van der Waals surface area (Å²) in [6.07, 6.45) is 0.258. The van der Waals surface area contributed by atoms with Crippen molar-refractivity contribution in [2.75, 3.05) is 14.2 Å². The van der Waals surface area contributed by atoms with Crippen LogP contribution in [-0.2, 0) is 26.0 Å². The molecule has 0 bridgehead atoms. The molecular formula is C18H20N2O5S. The number of methoxy groups -OCH3 is 1. The van der Waals surface area contributed by atoms with Crippen molar-refractivity contribution in [2.24, 2.45) is 0 Å². The summed E-state index contributed by atoms with van der Waals surface area (Å²) >= 11 is 0. The first-order valence-electron chi connectivity index (χ1n) is 7.83. The molecule has 0 aliphatic heterocycles. The fourth-order valence-electron chi connectivity index (χ4n) is 2.35. The van der Waals surface area contributed by atoms with Crippen molar-refractivity contribution in [1.29, 1.82) is 0 Å². The largest absolute Gasteiger partial charge is 0.467 e. The van der Waals surface area contributed by atoms with Crippen molar-refractivity contribution >= 4 is 21.9 Å². The van der Waals surface area contributed by atoms with Gasteiger partial charge in [-0.25, -0.2) is 17.9 Å². The Morgan fingerprint density at radius 3 is 2.38 bits per heavy atom. The smallest absolute Gasteiger partial charge is 0.328 e. The molecule has 0 unspecified atom stereocenters. The summed E-state index contributed by atoms with van der Waals surface area (Å²) in [5, 5.41) is 2.60. The van der Waals surface area contributed by atoms with E-state index in [1.807, 2.05) is 30.3 Å². The third kappa shape index (κ3) is 4.90. The molecule has 8 heteroatoms. The molecule has 0 radical (unpaired) electrons. The average Bonchev–Trinajstić information content (AvgIpc) is 2.67. The Hall–Kier alpha value is -2.71. The second kappa shape index (κ2) is 8.59. The molecule has 0 saturated carbocycles. The van der Waals surface area contributed by atoms with Gasteiger partial charge in [-0.2, -0.15) is 0 Å². The maximum atomic E-state index is 12.5. The van der Waals surface area contributed by atoms with Gasteiger partial charge < -0.3 is 10.1 Å². The number of carbonyl (C=O) groups excluding carboxylic acids is 2. The highest BCUT2D eigenvalue weighted by Gasteiger charge is 2.23. The first-order valence-corrected chi connectivity index (χ1v) is 9.32. The molecule has 0 heterocycles. The van der Waals surface area contributed by atoms with Gasteiger partial charge in [0, 0.05) is 12.0 Å². The Morgan fingerprint density at radius 2 is 1.77 bits per heavy atom. The molecule has 2 aromatic rings. The van der Waals surface area contributed by atoms with Crippen molar-refractivity contribution in [1.82, 2.24) is 10.0 Å². The highest BCUT2D eigenvalue weighted by Crippen LogP contribution is 2.12. The van der Waals surface area contributed by atoms with Crippen LogP contribution in [0.1, 0.15) is 15.9 Å². The van der Waals surface area contributed by atoms with E-state index < -0.39 is 27.9 Å². The zero-order valence-corrected chi connectivity index (χ0v) is 15.2. The highest BCUT2D eigenvalue weighted by atomic mass is 32.2. The van der Waals surface area contributed by atoms with Gasteiger partial charge >= 0.3 is 5.97 Å². The standard InChI is InChI=1S/C18H20N2O5S/c1-19-26(23,24)15-10-6-9-14(12-15)17(21)20-16(18(22)25-2)11-13-7-4-3-5-8-13/h3-10,12,16,19H,11H2,1-2H3,(H,20,21)/t16-/m0/s1. The molecule has 0 aliphatic carbocycles. The zero-order chi connectivity index (χ0) is 19.2. The molecule has 1 atom stereocenters. The Bertz CT molecular complexity index is 881. The monoisotopic (exact) mass is 376 g/mol. The third-order valence-electron chi connectivity index (χ3n) is 3.75. The van der Waals surface area contributed by atoms with Crippen LogP contribution in [0.2, 0.25) is 0 Å². The van der Waals surface area contributed by atoms with E-state index in [0.29, 0.717) is 0 Å². The van der Waals surface area contributed by atoms with E-state index in [0.717, 1.165) is 5.56 Å². The molecule has 2 rings (SSSR count). The lowest BCUT2D eigenvalue weighted by molar-refractivity contribution is -0.142. The predicted molar refractivity (Wildman–Crippen MR) is 96.1 cm³/mol. The molecule has 1 amide bonds. The third-order valence-corrected chi connectivity index (χ3v) is 5.16. The van der Waals surface area contributed by atoms with Gasteiger partial charge in [0.15, 0.2) is 0 Å². The summed E-state index contributed by atoms with van der Waals surface area (Å²) in [6.45, 7) is 0. The van der Waals surface area contributed by atoms with E-state index in [-0.39, 0.29) is 16.9 Å². The van der Waals surface area contributed by atoms with Crippen LogP contribution >= 0.6 is 0 Å². The maximum absolute atomic E-state index is 12.5. The topological polar surface area (TPSA) is 102 Å². The molecule has 0 aliphatic rings. The normalized spacial score (nSPS) is 12.2. The van der Waals surface area contributed by atoms with Gasteiger partial charge in [0.1, 0.15) is 6.04 Å². The van der Waals surface area contributed by atoms with Crippen LogP contribution in [0.5, 0.6) is 0 Å². The zero-order valence-electron chi connectivity index (χ0n) is 14.4. The predicted octanol–water partition coefficient (Wildman–Crippen LogP) is 1.11. The van der Waals surface area contributed by atoms with Crippen molar-refractivity contribution in [2.45, 2.75) is 17.4 Å². The van der Waals surface area contributed by atoms with Crippen LogP contribution in [-0.4, -0.2) is 40.5 Å². The lowest BCUT2D eigenvalue weighted by atomic mass is 10.1. The average molecular weight is 376 g/mol. The van der Waals surface area contributed by atoms with Crippen LogP contribution in [0.4, 0.5) is 0 Å². The molecule has 2 aromatic carbocycles. The van der Waals surface area contributed by atoms with Crippen molar-refractivity contribution in [3.05, 3.63) is 65.7 Å². The fraction of sp³-hybridized carbons (Fsp3) is 0.222. The highest BCUT2D eigenvalue weighted by molar-refractivity contribution is 7.89. The number of rotatable bonds is 7. The second-order valence-corrected chi connectivity index (χ2v) is 7.36. The minimum atomic E-state index is -3.67. The number of hydrogen-bond donors (Lipinski definition) is 2. The second-order valence-electron chi connectivity index (χ2n) is 5.47. The van der Waals surface area contributed by atoms with Gasteiger partial charge in [0.2, 0.25) is 10.0 Å². The van der Waals surface area contributed by atoms with Crippen molar-refractivity contribution in [3.63, 3.8) is 0 Å². The Morgan fingerprint density at radius 1 is 1.08 bits per heavy atom. The first-order chi connectivity index (χ1) is 12.4. The molecule has 0 spiro atoms. The number of ether oxygens (including phenoxy) is 1. The maximum Gasteiger partial charge on any atom is 0.328 e. The SMILES string of the molecule is CNS(=O)(=O)c1cccc(C(=O)N[C@@H](Cc2ccccc2)C(=O)OC)c1. The number of carbonyl (C=O) groups is 2. The minimum absolute atomic E-state index is 0.0367. The number of sulfonamides is 1. The van der Waals surface area contributed by atoms with E-state index >= 15 is 0 Å². The molecule has 0 saturated heterocycles. The van der Waals surface area contributed by atoms with Gasteiger partial charge in [-0.05, 0) is 30.8 Å². The number of amides is 1. The lowest BCUT2D eigenvalue weighted by Gasteiger charge is -2.17. The molecule has 7 nitrogen and oxygen atoms in total. The van der Waals surface area contributed by atoms with Crippen molar-refractivity contribution < 1.29 is 22.7 Å². The van der Waals surface area contributed by atoms with E-state index in [1.54, 1.807) is 0 Å². The number of hydrogen-bond acceptors (Lipinski definition) is 5. The lowest BCUT2D eigenvalue weighted by Crippen LogP contribution is -2.43. The fourth-order valence-corrected chi connectivity index (χ4v) is 3.12. The number of nitrogens with one attached hydrogen (secondary N) is 2. The van der Waals surface area contributed by atoms with Crippen molar-refractivity contribution in [3.8, 4) is 0 Å². The van der Waals surface area contributed by atoms with Gasteiger partial charge in [-0.1, -0.05) is 36.4 Å².